The van der Waals surface area contributed by atoms with E-state index in [1.54, 1.807) is 12.1 Å². The zero-order chi connectivity index (χ0) is 14.4. The Kier molecular flexibility index (Phi) is 4.96. The summed E-state index contributed by atoms with van der Waals surface area (Å²) in [7, 11) is 0. The predicted molar refractivity (Wildman–Crippen MR) is 83.3 cm³/mol. The maximum atomic E-state index is 11.9. The molecule has 0 spiro atoms. The van der Waals surface area contributed by atoms with E-state index in [0.29, 0.717) is 16.1 Å². The van der Waals surface area contributed by atoms with E-state index in [1.807, 2.05) is 59.0 Å². The van der Waals surface area contributed by atoms with Gasteiger partial charge in [-0.05, 0) is 40.3 Å². The summed E-state index contributed by atoms with van der Waals surface area (Å²) < 4.78 is 6.01. The molecule has 1 aromatic carbocycles. The van der Waals surface area contributed by atoms with E-state index in [-0.39, 0.29) is 5.57 Å². The molecule has 0 bridgehead atoms. The van der Waals surface area contributed by atoms with Gasteiger partial charge < -0.3 is 9.73 Å². The third kappa shape index (κ3) is 3.96. The molecule has 100 valence electrons. The predicted octanol–water partition coefficient (Wildman–Crippen LogP) is 3.11. The molecule has 0 aliphatic carbocycles. The Balaban J connectivity index is 2.03. The Labute approximate surface area is 130 Å². The summed E-state index contributed by atoms with van der Waals surface area (Å²) in [5, 5.41) is 11.7. The molecule has 1 aromatic heterocycles. The van der Waals surface area contributed by atoms with Gasteiger partial charge in [0.2, 0.25) is 0 Å². The number of nitrogens with one attached hydrogen (secondary N) is 1. The lowest BCUT2D eigenvalue weighted by Crippen LogP contribution is -2.23. The van der Waals surface area contributed by atoms with Crippen LogP contribution in [0.5, 0.6) is 0 Å². The number of furan rings is 1. The first kappa shape index (κ1) is 14.3. The van der Waals surface area contributed by atoms with Crippen LogP contribution in [0.4, 0.5) is 0 Å². The molecular formula is C15H11IN2O2. The average Bonchev–Trinajstić information content (AvgIpc) is 2.88. The minimum absolute atomic E-state index is 0.0201. The molecule has 5 heteroatoms. The fraction of sp³-hybridized carbons (Fsp3) is 0.0667. The molecule has 4 nitrogen and oxygen atoms in total. The third-order valence-corrected chi connectivity index (χ3v) is 3.12. The first-order valence-corrected chi connectivity index (χ1v) is 6.96. The number of nitrogens with zero attached hydrogens (tertiary/aromatic N) is 1. The van der Waals surface area contributed by atoms with Crippen molar-refractivity contribution < 1.29 is 9.21 Å². The second kappa shape index (κ2) is 6.91. The maximum absolute atomic E-state index is 11.9. The number of halogens is 1. The third-order valence-electron chi connectivity index (χ3n) is 2.54. The second-order valence-corrected chi connectivity index (χ2v) is 5.04. The van der Waals surface area contributed by atoms with Crippen molar-refractivity contribution in [2.75, 3.05) is 0 Å². The van der Waals surface area contributed by atoms with Gasteiger partial charge in [0.1, 0.15) is 17.4 Å². The molecule has 0 saturated carbocycles. The fourth-order valence-electron chi connectivity index (χ4n) is 1.57. The van der Waals surface area contributed by atoms with E-state index in [4.69, 9.17) is 9.68 Å². The van der Waals surface area contributed by atoms with Gasteiger partial charge in [0, 0.05) is 12.6 Å². The lowest BCUT2D eigenvalue weighted by molar-refractivity contribution is -0.117. The number of hydrogen-bond donors (Lipinski definition) is 1. The Morgan fingerprint density at radius 3 is 2.65 bits per heavy atom. The molecule has 0 unspecified atom stereocenters. The van der Waals surface area contributed by atoms with Crippen LogP contribution in [0, 0.1) is 15.1 Å². The molecule has 1 amide bonds. The van der Waals surface area contributed by atoms with Gasteiger partial charge in [0.05, 0.1) is 0 Å². The van der Waals surface area contributed by atoms with Crippen LogP contribution in [-0.2, 0) is 11.3 Å². The van der Waals surface area contributed by atoms with E-state index >= 15 is 0 Å². The molecular weight excluding hydrogens is 367 g/mol. The molecule has 0 fully saturated rings. The summed E-state index contributed by atoms with van der Waals surface area (Å²) in [5.74, 6) is 0.0728. The van der Waals surface area contributed by atoms with Crippen LogP contribution in [0.1, 0.15) is 11.3 Å². The SMILES string of the molecule is N#C/C(=C\c1ccc(I)o1)C(=O)NCc1ccccc1. The van der Waals surface area contributed by atoms with E-state index in [0.717, 1.165) is 5.56 Å². The summed E-state index contributed by atoms with van der Waals surface area (Å²) in [6, 6.07) is 14.9. The van der Waals surface area contributed by atoms with Crippen LogP contribution in [0.25, 0.3) is 6.08 Å². The van der Waals surface area contributed by atoms with E-state index < -0.39 is 5.91 Å². The quantitative estimate of drug-likeness (QED) is 0.505. The number of carbonyl (C=O) groups is 1. The zero-order valence-electron chi connectivity index (χ0n) is 10.5. The molecule has 0 radical (unpaired) electrons. The van der Waals surface area contributed by atoms with Gasteiger partial charge in [0.25, 0.3) is 5.91 Å². The molecule has 2 aromatic rings. The molecule has 20 heavy (non-hydrogen) atoms. The van der Waals surface area contributed by atoms with E-state index in [9.17, 15) is 4.79 Å². The number of rotatable bonds is 4. The van der Waals surface area contributed by atoms with Gasteiger partial charge in [-0.1, -0.05) is 30.3 Å². The van der Waals surface area contributed by atoms with E-state index in [2.05, 4.69) is 5.32 Å². The monoisotopic (exact) mass is 378 g/mol. The van der Waals surface area contributed by atoms with Crippen LogP contribution >= 0.6 is 22.6 Å². The minimum atomic E-state index is -0.414. The second-order valence-electron chi connectivity index (χ2n) is 3.98. The van der Waals surface area contributed by atoms with Crippen molar-refractivity contribution in [3.63, 3.8) is 0 Å². The molecule has 0 aliphatic rings. The first-order valence-electron chi connectivity index (χ1n) is 5.88. The highest BCUT2D eigenvalue weighted by molar-refractivity contribution is 14.1. The van der Waals surface area contributed by atoms with Crippen LogP contribution in [-0.4, -0.2) is 5.91 Å². The molecule has 0 saturated heterocycles. The van der Waals surface area contributed by atoms with Crippen LogP contribution < -0.4 is 5.32 Å². The van der Waals surface area contributed by atoms with Gasteiger partial charge >= 0.3 is 0 Å². The maximum Gasteiger partial charge on any atom is 0.262 e. The van der Waals surface area contributed by atoms with Crippen LogP contribution in [0.2, 0.25) is 0 Å². The number of benzene rings is 1. The first-order chi connectivity index (χ1) is 9.69. The van der Waals surface area contributed by atoms with Crippen molar-refractivity contribution in [3.8, 4) is 6.07 Å². The Morgan fingerprint density at radius 1 is 1.30 bits per heavy atom. The zero-order valence-corrected chi connectivity index (χ0v) is 12.6. The Bertz CT molecular complexity index is 669. The lowest BCUT2D eigenvalue weighted by atomic mass is 10.2. The van der Waals surface area contributed by atoms with Crippen molar-refractivity contribution in [2.24, 2.45) is 0 Å². The highest BCUT2D eigenvalue weighted by atomic mass is 127. The summed E-state index contributed by atoms with van der Waals surface area (Å²) in [5.41, 5.74) is 0.998. The van der Waals surface area contributed by atoms with Crippen molar-refractivity contribution >= 4 is 34.6 Å². The fourth-order valence-corrected chi connectivity index (χ4v) is 2.00. The van der Waals surface area contributed by atoms with E-state index in [1.165, 1.54) is 6.08 Å². The average molecular weight is 378 g/mol. The summed E-state index contributed by atoms with van der Waals surface area (Å²) in [6.45, 7) is 0.383. The number of carbonyl (C=O) groups excluding carboxylic acids is 1. The van der Waals surface area contributed by atoms with Crippen LogP contribution in [0.3, 0.4) is 0 Å². The van der Waals surface area contributed by atoms with Crippen molar-refractivity contribution in [2.45, 2.75) is 6.54 Å². The summed E-state index contributed by atoms with van der Waals surface area (Å²) in [4.78, 5) is 11.9. The molecule has 0 atom stereocenters. The number of hydrogen-bond acceptors (Lipinski definition) is 3. The van der Waals surface area contributed by atoms with Crippen molar-refractivity contribution in [1.82, 2.24) is 5.32 Å². The normalized spacial score (nSPS) is 10.9. The molecule has 0 aliphatic heterocycles. The summed E-state index contributed by atoms with van der Waals surface area (Å²) in [6.07, 6.45) is 1.43. The van der Waals surface area contributed by atoms with Gasteiger partial charge in [-0.15, -0.1) is 0 Å². The Hall–Kier alpha value is -2.07. The van der Waals surface area contributed by atoms with Gasteiger partial charge in [0.15, 0.2) is 3.77 Å². The highest BCUT2D eigenvalue weighted by Crippen LogP contribution is 2.13. The number of amides is 1. The Morgan fingerprint density at radius 2 is 2.05 bits per heavy atom. The highest BCUT2D eigenvalue weighted by Gasteiger charge is 2.09. The summed E-state index contributed by atoms with van der Waals surface area (Å²) >= 11 is 2.02. The standard InChI is InChI=1S/C15H11IN2O2/c16-14-7-6-13(20-14)8-12(9-17)15(19)18-10-11-4-2-1-3-5-11/h1-8H,10H2,(H,18,19)/b12-8+. The number of nitriles is 1. The molecule has 2 rings (SSSR count). The van der Waals surface area contributed by atoms with Gasteiger partial charge in [-0.3, -0.25) is 4.79 Å². The van der Waals surface area contributed by atoms with Gasteiger partial charge in [-0.2, -0.15) is 5.26 Å². The van der Waals surface area contributed by atoms with Crippen molar-refractivity contribution in [1.29, 1.82) is 5.26 Å². The largest absolute Gasteiger partial charge is 0.451 e. The van der Waals surface area contributed by atoms with Crippen molar-refractivity contribution in [3.05, 3.63) is 63.1 Å². The molecule has 1 N–H and O–H groups in total. The lowest BCUT2D eigenvalue weighted by Gasteiger charge is -2.03. The minimum Gasteiger partial charge on any atom is -0.451 e. The van der Waals surface area contributed by atoms with Crippen LogP contribution in [0.15, 0.2) is 52.5 Å². The molecule has 1 heterocycles. The topological polar surface area (TPSA) is 66.0 Å². The smallest absolute Gasteiger partial charge is 0.262 e. The van der Waals surface area contributed by atoms with Gasteiger partial charge in [-0.25, -0.2) is 0 Å².